The Balaban J connectivity index is 2.80. The van der Waals surface area contributed by atoms with Crippen molar-refractivity contribution in [3.05, 3.63) is 29.8 Å². The molecule has 3 heteroatoms. The molecule has 3 nitrogen and oxygen atoms in total. The molecule has 0 aliphatic rings. The number of rotatable bonds is 5. The maximum absolute atomic E-state index is 12.2. The van der Waals surface area contributed by atoms with Gasteiger partial charge in [0.25, 0.3) is 0 Å². The third kappa shape index (κ3) is 3.84. The molecule has 18 heavy (non-hydrogen) atoms. The van der Waals surface area contributed by atoms with Crippen LogP contribution in [0, 0.1) is 12.8 Å². The normalized spacial score (nSPS) is 12.6. The van der Waals surface area contributed by atoms with Gasteiger partial charge in [0, 0.05) is 24.7 Å². The van der Waals surface area contributed by atoms with E-state index in [1.165, 1.54) is 0 Å². The Morgan fingerprint density at radius 1 is 1.39 bits per heavy atom. The molecule has 0 aliphatic carbocycles. The van der Waals surface area contributed by atoms with E-state index in [0.717, 1.165) is 11.3 Å². The summed E-state index contributed by atoms with van der Waals surface area (Å²) in [6, 6.07) is 7.93. The minimum atomic E-state index is -0.0728. The van der Waals surface area contributed by atoms with Gasteiger partial charge in [0.15, 0.2) is 0 Å². The summed E-state index contributed by atoms with van der Waals surface area (Å²) in [5.74, 6) is 0.425. The first-order valence-electron chi connectivity index (χ1n) is 6.58. The molecule has 1 amide bonds. The van der Waals surface area contributed by atoms with Gasteiger partial charge in [-0.15, -0.1) is 0 Å². The summed E-state index contributed by atoms with van der Waals surface area (Å²) in [5, 5.41) is 0. The summed E-state index contributed by atoms with van der Waals surface area (Å²) >= 11 is 0. The molecule has 0 heterocycles. The van der Waals surface area contributed by atoms with Crippen molar-refractivity contribution < 1.29 is 4.79 Å². The average Bonchev–Trinajstić information content (AvgIpc) is 2.29. The lowest BCUT2D eigenvalue weighted by atomic mass is 10.0. The van der Waals surface area contributed by atoms with Crippen LogP contribution < -0.4 is 10.6 Å². The fourth-order valence-electron chi connectivity index (χ4n) is 1.85. The summed E-state index contributed by atoms with van der Waals surface area (Å²) < 4.78 is 0. The van der Waals surface area contributed by atoms with Gasteiger partial charge < -0.3 is 10.6 Å². The van der Waals surface area contributed by atoms with Gasteiger partial charge in [0.1, 0.15) is 0 Å². The van der Waals surface area contributed by atoms with Crippen LogP contribution in [0.25, 0.3) is 0 Å². The quantitative estimate of drug-likeness (QED) is 0.871. The van der Waals surface area contributed by atoms with Crippen molar-refractivity contribution in [1.82, 2.24) is 0 Å². The van der Waals surface area contributed by atoms with Gasteiger partial charge >= 0.3 is 0 Å². The van der Waals surface area contributed by atoms with Gasteiger partial charge in [-0.1, -0.05) is 26.0 Å². The molecule has 1 aromatic rings. The number of amides is 1. The number of nitrogens with two attached hydrogens (primary N) is 1. The number of hydrogen-bond donors (Lipinski definition) is 1. The molecule has 1 atom stereocenters. The Kier molecular flexibility index (Phi) is 5.35. The van der Waals surface area contributed by atoms with Crippen molar-refractivity contribution in [3.63, 3.8) is 0 Å². The molecule has 0 aliphatic heterocycles. The molecule has 0 bridgehead atoms. The molecular weight excluding hydrogens is 224 g/mol. The molecule has 0 saturated carbocycles. The molecule has 1 unspecified atom stereocenters. The Morgan fingerprint density at radius 3 is 2.56 bits per heavy atom. The smallest absolute Gasteiger partial charge is 0.228 e. The SMILES string of the molecule is CCN(C(=O)CC(N)C(C)C)c1cccc(C)c1. The summed E-state index contributed by atoms with van der Waals surface area (Å²) in [5.41, 5.74) is 8.09. The van der Waals surface area contributed by atoms with Gasteiger partial charge in [-0.25, -0.2) is 0 Å². The highest BCUT2D eigenvalue weighted by Crippen LogP contribution is 2.17. The van der Waals surface area contributed by atoms with E-state index >= 15 is 0 Å². The minimum Gasteiger partial charge on any atom is -0.327 e. The summed E-state index contributed by atoms with van der Waals surface area (Å²) in [4.78, 5) is 14.0. The minimum absolute atomic E-state index is 0.0728. The summed E-state index contributed by atoms with van der Waals surface area (Å²) in [6.07, 6.45) is 0.402. The molecule has 0 saturated heterocycles. The zero-order valence-corrected chi connectivity index (χ0v) is 11.8. The second-order valence-corrected chi connectivity index (χ2v) is 5.09. The van der Waals surface area contributed by atoms with Crippen LogP contribution in [0.4, 0.5) is 5.69 Å². The van der Waals surface area contributed by atoms with E-state index in [0.29, 0.717) is 18.9 Å². The lowest BCUT2D eigenvalue weighted by Crippen LogP contribution is -2.38. The average molecular weight is 248 g/mol. The van der Waals surface area contributed by atoms with Crippen LogP contribution in [0.5, 0.6) is 0 Å². The van der Waals surface area contributed by atoms with Crippen LogP contribution >= 0.6 is 0 Å². The van der Waals surface area contributed by atoms with E-state index < -0.39 is 0 Å². The molecule has 0 radical (unpaired) electrons. The highest BCUT2D eigenvalue weighted by atomic mass is 16.2. The maximum Gasteiger partial charge on any atom is 0.228 e. The topological polar surface area (TPSA) is 46.3 Å². The van der Waals surface area contributed by atoms with E-state index in [1.807, 2.05) is 52.0 Å². The lowest BCUT2D eigenvalue weighted by molar-refractivity contribution is -0.119. The second kappa shape index (κ2) is 6.55. The number of benzene rings is 1. The Hall–Kier alpha value is -1.35. The van der Waals surface area contributed by atoms with Crippen LogP contribution in [0.2, 0.25) is 0 Å². The van der Waals surface area contributed by atoms with E-state index in [2.05, 4.69) is 0 Å². The van der Waals surface area contributed by atoms with Crippen molar-refractivity contribution in [2.45, 2.75) is 40.2 Å². The van der Waals surface area contributed by atoms with Crippen LogP contribution in [0.3, 0.4) is 0 Å². The molecular formula is C15H24N2O. The summed E-state index contributed by atoms with van der Waals surface area (Å²) in [6.45, 7) is 8.78. The predicted molar refractivity (Wildman–Crippen MR) is 76.6 cm³/mol. The van der Waals surface area contributed by atoms with Gasteiger partial charge in [-0.2, -0.15) is 0 Å². The van der Waals surface area contributed by atoms with E-state index in [-0.39, 0.29) is 11.9 Å². The third-order valence-corrected chi connectivity index (χ3v) is 3.20. The molecule has 0 fully saturated rings. The first kappa shape index (κ1) is 14.7. The molecule has 1 aromatic carbocycles. The van der Waals surface area contributed by atoms with Gasteiger partial charge in [-0.3, -0.25) is 4.79 Å². The van der Waals surface area contributed by atoms with Crippen LogP contribution in [-0.4, -0.2) is 18.5 Å². The molecule has 0 spiro atoms. The van der Waals surface area contributed by atoms with Gasteiger partial charge in [-0.05, 0) is 37.5 Å². The number of nitrogens with zero attached hydrogens (tertiary/aromatic N) is 1. The first-order valence-corrected chi connectivity index (χ1v) is 6.58. The number of carbonyl (C=O) groups excluding carboxylic acids is 1. The standard InChI is InChI=1S/C15H24N2O/c1-5-17(13-8-6-7-12(4)9-13)15(18)10-14(16)11(2)3/h6-9,11,14H,5,10,16H2,1-4H3. The largest absolute Gasteiger partial charge is 0.327 e. The fraction of sp³-hybridized carbons (Fsp3) is 0.533. The Morgan fingerprint density at radius 2 is 2.06 bits per heavy atom. The number of aryl methyl sites for hydroxylation is 1. The Bertz CT molecular complexity index is 401. The number of hydrogen-bond acceptors (Lipinski definition) is 2. The van der Waals surface area contributed by atoms with E-state index in [9.17, 15) is 4.79 Å². The van der Waals surface area contributed by atoms with Crippen molar-refractivity contribution in [2.24, 2.45) is 11.7 Å². The Labute approximate surface area is 110 Å². The number of anilines is 1. The molecule has 2 N–H and O–H groups in total. The number of carbonyl (C=O) groups is 1. The van der Waals surface area contributed by atoms with Crippen molar-refractivity contribution >= 4 is 11.6 Å². The monoisotopic (exact) mass is 248 g/mol. The molecule has 1 rings (SSSR count). The van der Waals surface area contributed by atoms with E-state index in [1.54, 1.807) is 4.90 Å². The maximum atomic E-state index is 12.2. The van der Waals surface area contributed by atoms with Gasteiger partial charge in [0.2, 0.25) is 5.91 Å². The highest BCUT2D eigenvalue weighted by Gasteiger charge is 2.18. The van der Waals surface area contributed by atoms with E-state index in [4.69, 9.17) is 5.73 Å². The summed E-state index contributed by atoms with van der Waals surface area (Å²) in [7, 11) is 0. The molecule has 100 valence electrons. The van der Waals surface area contributed by atoms with Crippen molar-refractivity contribution in [1.29, 1.82) is 0 Å². The van der Waals surface area contributed by atoms with Crippen LogP contribution in [0.1, 0.15) is 32.8 Å². The van der Waals surface area contributed by atoms with Crippen LogP contribution in [-0.2, 0) is 4.79 Å². The van der Waals surface area contributed by atoms with Crippen LogP contribution in [0.15, 0.2) is 24.3 Å². The lowest BCUT2D eigenvalue weighted by Gasteiger charge is -2.24. The zero-order valence-electron chi connectivity index (χ0n) is 11.8. The highest BCUT2D eigenvalue weighted by molar-refractivity contribution is 5.93. The first-order chi connectivity index (χ1) is 8.45. The predicted octanol–water partition coefficient (Wildman–Crippen LogP) is 2.72. The fourth-order valence-corrected chi connectivity index (χ4v) is 1.85. The van der Waals surface area contributed by atoms with Crippen molar-refractivity contribution in [2.75, 3.05) is 11.4 Å². The molecule has 0 aromatic heterocycles. The third-order valence-electron chi connectivity index (χ3n) is 3.20. The van der Waals surface area contributed by atoms with Crippen molar-refractivity contribution in [3.8, 4) is 0 Å². The second-order valence-electron chi connectivity index (χ2n) is 5.09. The zero-order chi connectivity index (χ0) is 13.7. The van der Waals surface area contributed by atoms with Gasteiger partial charge in [0.05, 0.1) is 0 Å².